The maximum Gasteiger partial charge on any atom is 0.225 e. The van der Waals surface area contributed by atoms with Gasteiger partial charge in [0.05, 0.1) is 14.2 Å². The molecule has 5 nitrogen and oxygen atoms in total. The van der Waals surface area contributed by atoms with Crippen LogP contribution in [0.25, 0.3) is 0 Å². The molecule has 1 amide bonds. The molecule has 0 unspecified atom stereocenters. The quantitative estimate of drug-likeness (QED) is 0.855. The SMILES string of the molecule is COc1ccc(OC)c([C@H]2CC(=O)C3=C(C2)NC(=O)C[C@@H]3c2cccc(C)c2)c1. The van der Waals surface area contributed by atoms with Gasteiger partial charge in [-0.25, -0.2) is 0 Å². The fourth-order valence-electron chi connectivity index (χ4n) is 4.51. The van der Waals surface area contributed by atoms with E-state index in [1.54, 1.807) is 14.2 Å². The summed E-state index contributed by atoms with van der Waals surface area (Å²) in [6.07, 6.45) is 1.29. The number of Topliss-reactive ketones (excluding diaryl/α,β-unsaturated/α-hetero) is 1. The Hall–Kier alpha value is -3.08. The van der Waals surface area contributed by atoms with Crippen LogP contribution in [0.5, 0.6) is 11.5 Å². The number of hydrogen-bond donors (Lipinski definition) is 1. The van der Waals surface area contributed by atoms with Gasteiger partial charge in [0.15, 0.2) is 5.78 Å². The van der Waals surface area contributed by atoms with Crippen molar-refractivity contribution >= 4 is 11.7 Å². The summed E-state index contributed by atoms with van der Waals surface area (Å²) in [5.74, 6) is 1.25. The molecular weight excluding hydrogens is 366 g/mol. The molecule has 0 saturated carbocycles. The van der Waals surface area contributed by atoms with E-state index in [1.807, 2.05) is 43.3 Å². The van der Waals surface area contributed by atoms with E-state index < -0.39 is 0 Å². The van der Waals surface area contributed by atoms with Crippen molar-refractivity contribution in [1.82, 2.24) is 5.32 Å². The standard InChI is InChI=1S/C24H25NO4/c1-14-5-4-6-15(9-14)19-13-23(27)25-20-10-16(11-21(26)24(19)20)18-12-17(28-2)7-8-22(18)29-3/h4-9,12,16,19H,10-11,13H2,1-3H3,(H,25,27)/t16-,19-/m1/s1. The number of benzene rings is 2. The zero-order valence-corrected chi connectivity index (χ0v) is 17.0. The molecule has 0 radical (unpaired) electrons. The normalized spacial score (nSPS) is 21.5. The largest absolute Gasteiger partial charge is 0.497 e. The van der Waals surface area contributed by atoms with Crippen molar-refractivity contribution < 1.29 is 19.1 Å². The molecule has 1 aliphatic carbocycles. The molecule has 1 heterocycles. The highest BCUT2D eigenvalue weighted by molar-refractivity contribution is 6.02. The van der Waals surface area contributed by atoms with Crippen LogP contribution >= 0.6 is 0 Å². The summed E-state index contributed by atoms with van der Waals surface area (Å²) >= 11 is 0. The van der Waals surface area contributed by atoms with E-state index in [1.165, 1.54) is 0 Å². The molecule has 2 atom stereocenters. The van der Waals surface area contributed by atoms with Gasteiger partial charge < -0.3 is 14.8 Å². The molecule has 5 heteroatoms. The lowest BCUT2D eigenvalue weighted by Gasteiger charge is -2.35. The number of amides is 1. The number of carbonyl (C=O) groups excluding carboxylic acids is 2. The monoisotopic (exact) mass is 391 g/mol. The third-order valence-electron chi connectivity index (χ3n) is 5.86. The van der Waals surface area contributed by atoms with Crippen LogP contribution in [-0.4, -0.2) is 25.9 Å². The number of ether oxygens (including phenoxy) is 2. The number of rotatable bonds is 4. The first-order chi connectivity index (χ1) is 14.0. The molecule has 0 aromatic heterocycles. The predicted octanol–water partition coefficient (Wildman–Crippen LogP) is 4.02. The number of ketones is 1. The van der Waals surface area contributed by atoms with Crippen LogP contribution < -0.4 is 14.8 Å². The van der Waals surface area contributed by atoms with Crippen molar-refractivity contribution in [3.63, 3.8) is 0 Å². The first kappa shape index (κ1) is 19.2. The van der Waals surface area contributed by atoms with Crippen LogP contribution in [0.3, 0.4) is 0 Å². The Morgan fingerprint density at radius 2 is 1.79 bits per heavy atom. The second kappa shape index (κ2) is 7.74. The van der Waals surface area contributed by atoms with Crippen molar-refractivity contribution in [3.8, 4) is 11.5 Å². The summed E-state index contributed by atoms with van der Waals surface area (Å²) in [6.45, 7) is 2.02. The third-order valence-corrected chi connectivity index (χ3v) is 5.86. The van der Waals surface area contributed by atoms with E-state index in [0.717, 1.165) is 39.5 Å². The Morgan fingerprint density at radius 3 is 2.52 bits per heavy atom. The molecule has 0 saturated heterocycles. The molecular formula is C24H25NO4. The van der Waals surface area contributed by atoms with Crippen molar-refractivity contribution in [2.24, 2.45) is 0 Å². The lowest BCUT2D eigenvalue weighted by atomic mass is 9.73. The number of hydrogen-bond acceptors (Lipinski definition) is 4. The molecule has 29 heavy (non-hydrogen) atoms. The van der Waals surface area contributed by atoms with Crippen LogP contribution in [-0.2, 0) is 9.59 Å². The van der Waals surface area contributed by atoms with Gasteiger partial charge in [-0.05, 0) is 37.1 Å². The summed E-state index contributed by atoms with van der Waals surface area (Å²) < 4.78 is 10.9. The maximum atomic E-state index is 13.3. The van der Waals surface area contributed by atoms with Crippen LogP contribution in [0.1, 0.15) is 47.8 Å². The summed E-state index contributed by atoms with van der Waals surface area (Å²) in [5.41, 5.74) is 4.59. The van der Waals surface area contributed by atoms with Crippen molar-refractivity contribution in [2.45, 2.75) is 38.0 Å². The fraction of sp³-hybridized carbons (Fsp3) is 0.333. The van der Waals surface area contributed by atoms with Gasteiger partial charge in [-0.15, -0.1) is 0 Å². The van der Waals surface area contributed by atoms with Gasteiger partial charge in [0.25, 0.3) is 0 Å². The van der Waals surface area contributed by atoms with Crippen LogP contribution in [0.4, 0.5) is 0 Å². The summed E-state index contributed by atoms with van der Waals surface area (Å²) in [6, 6.07) is 13.7. The first-order valence-corrected chi connectivity index (χ1v) is 9.84. The second-order valence-electron chi connectivity index (χ2n) is 7.75. The predicted molar refractivity (Wildman–Crippen MR) is 110 cm³/mol. The molecule has 2 aromatic rings. The first-order valence-electron chi connectivity index (χ1n) is 9.84. The van der Waals surface area contributed by atoms with Gasteiger partial charge in [-0.3, -0.25) is 9.59 Å². The van der Waals surface area contributed by atoms with Crippen LogP contribution in [0.2, 0.25) is 0 Å². The van der Waals surface area contributed by atoms with Crippen LogP contribution in [0, 0.1) is 6.92 Å². The van der Waals surface area contributed by atoms with Gasteiger partial charge >= 0.3 is 0 Å². The van der Waals surface area contributed by atoms with Crippen molar-refractivity contribution in [3.05, 3.63) is 70.4 Å². The molecule has 1 N–H and O–H groups in total. The zero-order chi connectivity index (χ0) is 20.5. The number of aryl methyl sites for hydroxylation is 1. The van der Waals surface area contributed by atoms with Gasteiger partial charge in [0, 0.05) is 41.5 Å². The number of allylic oxidation sites excluding steroid dienone is 2. The van der Waals surface area contributed by atoms with E-state index in [0.29, 0.717) is 19.3 Å². The highest BCUT2D eigenvalue weighted by Gasteiger charge is 2.38. The Balaban J connectivity index is 1.74. The maximum absolute atomic E-state index is 13.3. The average Bonchev–Trinajstić information content (AvgIpc) is 2.72. The molecule has 0 bridgehead atoms. The number of nitrogens with one attached hydrogen (secondary N) is 1. The van der Waals surface area contributed by atoms with Gasteiger partial charge in [0.1, 0.15) is 11.5 Å². The Labute approximate surface area is 170 Å². The van der Waals surface area contributed by atoms with E-state index >= 15 is 0 Å². The summed E-state index contributed by atoms with van der Waals surface area (Å²) in [7, 11) is 3.24. The molecule has 2 aliphatic rings. The fourth-order valence-corrected chi connectivity index (χ4v) is 4.51. The number of carbonyl (C=O) groups is 2. The minimum atomic E-state index is -0.181. The molecule has 150 valence electrons. The molecule has 0 fully saturated rings. The van der Waals surface area contributed by atoms with Gasteiger partial charge in [-0.2, -0.15) is 0 Å². The lowest BCUT2D eigenvalue weighted by molar-refractivity contribution is -0.122. The zero-order valence-electron chi connectivity index (χ0n) is 17.0. The molecule has 0 spiro atoms. The van der Waals surface area contributed by atoms with Crippen molar-refractivity contribution in [1.29, 1.82) is 0 Å². The van der Waals surface area contributed by atoms with E-state index in [-0.39, 0.29) is 23.5 Å². The van der Waals surface area contributed by atoms with E-state index in [2.05, 4.69) is 11.4 Å². The number of methoxy groups -OCH3 is 2. The molecule has 4 rings (SSSR count). The molecule has 1 aliphatic heterocycles. The minimum absolute atomic E-state index is 0.0405. The average molecular weight is 391 g/mol. The van der Waals surface area contributed by atoms with E-state index in [4.69, 9.17) is 9.47 Å². The molecule has 2 aromatic carbocycles. The Bertz CT molecular complexity index is 1010. The van der Waals surface area contributed by atoms with Crippen LogP contribution in [0.15, 0.2) is 53.7 Å². The third kappa shape index (κ3) is 3.65. The smallest absolute Gasteiger partial charge is 0.225 e. The summed E-state index contributed by atoms with van der Waals surface area (Å²) in [4.78, 5) is 25.7. The van der Waals surface area contributed by atoms with Crippen molar-refractivity contribution in [2.75, 3.05) is 14.2 Å². The van der Waals surface area contributed by atoms with Gasteiger partial charge in [-0.1, -0.05) is 29.8 Å². The Morgan fingerprint density at radius 1 is 0.966 bits per heavy atom. The lowest BCUT2D eigenvalue weighted by Crippen LogP contribution is -2.38. The highest BCUT2D eigenvalue weighted by atomic mass is 16.5. The minimum Gasteiger partial charge on any atom is -0.497 e. The van der Waals surface area contributed by atoms with E-state index in [9.17, 15) is 9.59 Å². The highest BCUT2D eigenvalue weighted by Crippen LogP contribution is 2.45. The second-order valence-corrected chi connectivity index (χ2v) is 7.75. The van der Waals surface area contributed by atoms with Gasteiger partial charge in [0.2, 0.25) is 5.91 Å². The topological polar surface area (TPSA) is 64.6 Å². The summed E-state index contributed by atoms with van der Waals surface area (Å²) in [5, 5.41) is 2.98. The Kier molecular flexibility index (Phi) is 5.14.